The number of hydrogen-bond donors (Lipinski definition) is 5. The maximum Gasteiger partial charge on any atom is 0.322 e. The number of nitrogens with zero attached hydrogens (tertiary/aromatic N) is 6. The molecule has 0 radical (unpaired) electrons. The lowest BCUT2D eigenvalue weighted by Crippen LogP contribution is -2.42. The molecule has 2 saturated carbocycles. The molecule has 1 saturated heterocycles. The van der Waals surface area contributed by atoms with Gasteiger partial charge < -0.3 is 31.7 Å². The Balaban J connectivity index is 0.875. The number of rotatable bonds is 22. The van der Waals surface area contributed by atoms with E-state index in [4.69, 9.17) is 20.4 Å². The van der Waals surface area contributed by atoms with Crippen LogP contribution in [0.5, 0.6) is 0 Å². The van der Waals surface area contributed by atoms with Gasteiger partial charge in [-0.05, 0) is 95.5 Å². The molecule has 1 aliphatic heterocycles. The predicted octanol–water partition coefficient (Wildman–Crippen LogP) is 4.80. The second-order valence-corrected chi connectivity index (χ2v) is 16.0. The number of esters is 1. The number of carbonyl (C=O) groups is 2. The van der Waals surface area contributed by atoms with Crippen molar-refractivity contribution in [3.63, 3.8) is 0 Å². The van der Waals surface area contributed by atoms with Crippen molar-refractivity contribution >= 4 is 34.4 Å². The van der Waals surface area contributed by atoms with Gasteiger partial charge in [0.25, 0.3) is 0 Å². The number of Topliss-reactive ketones (excluding diaryl/α,β-unsaturated/α-hetero) is 1. The molecule has 3 aliphatic rings. The molecule has 3 aromatic rings. The third-order valence-corrected chi connectivity index (χ3v) is 11.5. The number of fused-ring (bicyclic) bond motifs is 1. The second kappa shape index (κ2) is 22.1. The molecule has 6 N–H and O–H groups in total. The van der Waals surface area contributed by atoms with Crippen molar-refractivity contribution in [1.82, 2.24) is 40.5 Å². The Morgan fingerprint density at radius 1 is 0.891 bits per heavy atom. The molecule has 6 rings (SSSR count). The molecule has 0 bridgehead atoms. The first-order valence-electron chi connectivity index (χ1n) is 21.2. The highest BCUT2D eigenvalue weighted by Gasteiger charge is 2.24. The average Bonchev–Trinajstić information content (AvgIpc) is 3.68. The molecule has 14 heteroatoms. The first-order valence-corrected chi connectivity index (χ1v) is 21.2. The van der Waals surface area contributed by atoms with E-state index in [9.17, 15) is 9.59 Å². The molecule has 0 spiro atoms. The zero-order valence-electron chi connectivity index (χ0n) is 32.9. The summed E-state index contributed by atoms with van der Waals surface area (Å²) >= 11 is 0. The van der Waals surface area contributed by atoms with Crippen molar-refractivity contribution in [3.05, 3.63) is 36.2 Å². The van der Waals surface area contributed by atoms with Crippen molar-refractivity contribution < 1.29 is 14.3 Å². The number of aryl methyl sites for hydroxylation is 1. The van der Waals surface area contributed by atoms with E-state index < -0.39 is 6.04 Å². The van der Waals surface area contributed by atoms with Crippen LogP contribution in [0.2, 0.25) is 0 Å². The number of likely N-dealkylation sites (tertiary alicyclic amines) is 1. The van der Waals surface area contributed by atoms with Crippen LogP contribution in [0.1, 0.15) is 108 Å². The molecular formula is C41H65N11O3. The average molecular weight is 760 g/mol. The molecule has 1 atom stereocenters. The van der Waals surface area contributed by atoms with Crippen molar-refractivity contribution in [2.45, 2.75) is 134 Å². The molecule has 3 fully saturated rings. The van der Waals surface area contributed by atoms with E-state index in [1.165, 1.54) is 51.4 Å². The van der Waals surface area contributed by atoms with Gasteiger partial charge >= 0.3 is 5.97 Å². The molecule has 14 nitrogen and oxygen atoms in total. The maximum atomic E-state index is 12.8. The summed E-state index contributed by atoms with van der Waals surface area (Å²) in [6.45, 7) is 6.82. The number of carbonyl (C=O) groups excluding carboxylic acids is 2. The lowest BCUT2D eigenvalue weighted by atomic mass is 9.90. The van der Waals surface area contributed by atoms with Gasteiger partial charge in [0.05, 0.1) is 31.4 Å². The molecular weight excluding hydrogens is 695 g/mol. The van der Waals surface area contributed by atoms with Crippen LogP contribution in [-0.4, -0.2) is 106 Å². The normalized spacial score (nSPS) is 18.3. The maximum absolute atomic E-state index is 12.8. The van der Waals surface area contributed by atoms with Crippen LogP contribution < -0.4 is 27.0 Å². The molecule has 55 heavy (non-hydrogen) atoms. The minimum atomic E-state index is -0.746. The lowest BCUT2D eigenvalue weighted by Gasteiger charge is -2.32. The minimum absolute atomic E-state index is 0.111. The largest absolute Gasteiger partial charge is 0.464 e. The van der Waals surface area contributed by atoms with Gasteiger partial charge in [0, 0.05) is 43.5 Å². The van der Waals surface area contributed by atoms with Crippen molar-refractivity contribution in [1.29, 1.82) is 0 Å². The number of aromatic nitrogens is 5. The van der Waals surface area contributed by atoms with Gasteiger partial charge in [-0.3, -0.25) is 19.2 Å². The van der Waals surface area contributed by atoms with Crippen molar-refractivity contribution in [2.24, 2.45) is 11.7 Å². The molecule has 2 aromatic heterocycles. The summed E-state index contributed by atoms with van der Waals surface area (Å²) in [6.07, 6.45) is 19.3. The number of benzene rings is 1. The number of piperidine rings is 1. The van der Waals surface area contributed by atoms with Crippen LogP contribution in [0.3, 0.4) is 0 Å². The summed E-state index contributed by atoms with van der Waals surface area (Å²) in [5.74, 6) is 1.52. The smallest absolute Gasteiger partial charge is 0.322 e. The van der Waals surface area contributed by atoms with E-state index in [0.717, 1.165) is 106 Å². The summed E-state index contributed by atoms with van der Waals surface area (Å²) in [4.78, 5) is 37.0. The Hall–Kier alpha value is -3.72. The standard InChI is InChI=1S/C41H65N11O3/c42-37(40(54)55-30-31-11-3-1-4-12-31)18-17-35(53)29-51-25-19-33(20-26-51)46-39-36-15-7-8-16-38(36)47-41(48-39)45-27-34-28-52(50-49-34)24-10-22-43-21-9-23-44-32-13-5-2-6-14-32/h7-8,15-16,28,31-33,37,43-44H,1-6,9-14,17-27,29-30,42H2,(H2,45,46,47,48)/t37-/m0/s1. The fourth-order valence-corrected chi connectivity index (χ4v) is 8.13. The number of anilines is 2. The van der Waals surface area contributed by atoms with E-state index in [1.807, 2.05) is 35.1 Å². The van der Waals surface area contributed by atoms with Crippen LogP contribution in [0.4, 0.5) is 11.8 Å². The summed E-state index contributed by atoms with van der Waals surface area (Å²) in [6, 6.07) is 8.24. The fraction of sp³-hybridized carbons (Fsp3) is 0.707. The monoisotopic (exact) mass is 760 g/mol. The van der Waals surface area contributed by atoms with Gasteiger partial charge in [0.1, 0.15) is 23.3 Å². The summed E-state index contributed by atoms with van der Waals surface area (Å²) in [5, 5.41) is 24.0. The van der Waals surface area contributed by atoms with E-state index in [2.05, 4.69) is 36.5 Å². The highest BCUT2D eigenvalue weighted by atomic mass is 16.5. The van der Waals surface area contributed by atoms with Gasteiger partial charge in [-0.1, -0.05) is 55.9 Å². The number of nitrogens with one attached hydrogen (secondary N) is 4. The number of nitrogens with two attached hydrogens (primary N) is 1. The van der Waals surface area contributed by atoms with E-state index in [1.54, 1.807) is 0 Å². The van der Waals surface area contributed by atoms with Crippen LogP contribution in [0, 0.1) is 5.92 Å². The second-order valence-electron chi connectivity index (χ2n) is 16.0. The van der Waals surface area contributed by atoms with Crippen LogP contribution in [-0.2, 0) is 27.4 Å². The highest BCUT2D eigenvalue weighted by Crippen LogP contribution is 2.26. The van der Waals surface area contributed by atoms with Crippen LogP contribution >= 0.6 is 0 Å². The van der Waals surface area contributed by atoms with Gasteiger partial charge in [0.15, 0.2) is 0 Å². The Bertz CT molecular complexity index is 1600. The molecule has 1 aromatic carbocycles. The Morgan fingerprint density at radius 3 is 2.47 bits per heavy atom. The van der Waals surface area contributed by atoms with Gasteiger partial charge in [-0.2, -0.15) is 4.98 Å². The molecule has 302 valence electrons. The van der Waals surface area contributed by atoms with Gasteiger partial charge in [-0.25, -0.2) is 4.98 Å². The third kappa shape index (κ3) is 13.8. The number of hydrogen-bond acceptors (Lipinski definition) is 13. The Morgan fingerprint density at radius 2 is 1.65 bits per heavy atom. The number of ether oxygens (including phenoxy) is 1. The third-order valence-electron chi connectivity index (χ3n) is 11.5. The Kier molecular flexibility index (Phi) is 16.5. The molecule has 0 unspecified atom stereocenters. The highest BCUT2D eigenvalue weighted by molar-refractivity contribution is 5.90. The summed E-state index contributed by atoms with van der Waals surface area (Å²) < 4.78 is 7.38. The molecule has 2 aliphatic carbocycles. The molecule has 0 amide bonds. The SMILES string of the molecule is N[C@@H](CCC(=O)CN1CCC(Nc2nc(NCc3cn(CCCNCCCNC4CCCCC4)nn3)nc3ccccc23)CC1)C(=O)OCC1CCCCC1. The van der Waals surface area contributed by atoms with E-state index in [0.29, 0.717) is 38.0 Å². The zero-order valence-corrected chi connectivity index (χ0v) is 32.9. The van der Waals surface area contributed by atoms with Crippen molar-refractivity contribution in [3.8, 4) is 0 Å². The lowest BCUT2D eigenvalue weighted by molar-refractivity contribution is -0.147. The minimum Gasteiger partial charge on any atom is -0.464 e. The Labute approximate surface area is 326 Å². The molecule has 3 heterocycles. The van der Waals surface area contributed by atoms with E-state index >= 15 is 0 Å². The topological polar surface area (TPSA) is 177 Å². The fourth-order valence-electron chi connectivity index (χ4n) is 8.13. The van der Waals surface area contributed by atoms with Crippen molar-refractivity contribution in [2.75, 3.05) is 56.5 Å². The first-order chi connectivity index (χ1) is 27.0. The van der Waals surface area contributed by atoms with Gasteiger partial charge in [0.2, 0.25) is 5.95 Å². The van der Waals surface area contributed by atoms with Crippen LogP contribution in [0.15, 0.2) is 30.5 Å². The number of para-hydroxylation sites is 1. The quantitative estimate of drug-likeness (QED) is 0.0698. The van der Waals surface area contributed by atoms with Crippen LogP contribution in [0.25, 0.3) is 10.9 Å². The van der Waals surface area contributed by atoms with E-state index in [-0.39, 0.29) is 24.2 Å². The van der Waals surface area contributed by atoms with Gasteiger partial charge in [-0.15, -0.1) is 5.10 Å². The predicted molar refractivity (Wildman–Crippen MR) is 217 cm³/mol. The first kappa shape index (κ1) is 40.9. The zero-order chi connectivity index (χ0) is 38.1. The summed E-state index contributed by atoms with van der Waals surface area (Å²) in [7, 11) is 0. The summed E-state index contributed by atoms with van der Waals surface area (Å²) in [5.41, 5.74) is 7.78. The number of ketones is 1.